The molecule has 0 bridgehead atoms. The van der Waals surface area contributed by atoms with E-state index in [2.05, 4.69) is 22.4 Å². The fourth-order valence-corrected chi connectivity index (χ4v) is 4.92. The normalized spacial score (nSPS) is 18.4. The van der Waals surface area contributed by atoms with Gasteiger partial charge < -0.3 is 10.3 Å². The van der Waals surface area contributed by atoms with E-state index in [4.69, 9.17) is 0 Å². The van der Waals surface area contributed by atoms with E-state index in [-0.39, 0.29) is 5.82 Å². The lowest BCUT2D eigenvalue weighted by atomic mass is 9.94. The fourth-order valence-electron chi connectivity index (χ4n) is 3.64. The van der Waals surface area contributed by atoms with Gasteiger partial charge in [0.2, 0.25) is 0 Å². The summed E-state index contributed by atoms with van der Waals surface area (Å²) in [6.45, 7) is 0.798. The Morgan fingerprint density at radius 1 is 1.11 bits per heavy atom. The van der Waals surface area contributed by atoms with Crippen LogP contribution in [0.4, 0.5) is 4.39 Å². The van der Waals surface area contributed by atoms with Crippen LogP contribution in [0.2, 0.25) is 0 Å². The molecule has 4 rings (SSSR count). The minimum Gasteiger partial charge on any atom is -0.361 e. The molecule has 3 aromatic rings. The summed E-state index contributed by atoms with van der Waals surface area (Å²) in [5.41, 5.74) is 4.52. The van der Waals surface area contributed by atoms with E-state index >= 15 is 0 Å². The predicted octanol–water partition coefficient (Wildman–Crippen LogP) is 4.39. The number of para-hydroxylation sites is 1. The van der Waals surface area contributed by atoms with Crippen molar-refractivity contribution >= 4 is 27.3 Å². The number of hydrogen-bond donors (Lipinski definition) is 2. The fraction of sp³-hybridized carbons (Fsp3) is 0.273. The summed E-state index contributed by atoms with van der Waals surface area (Å²) < 4.78 is 25.7. The van der Waals surface area contributed by atoms with Gasteiger partial charge in [-0.25, -0.2) is 4.39 Å². The lowest BCUT2D eigenvalue weighted by Gasteiger charge is -2.24. The first-order valence-electron chi connectivity index (χ1n) is 9.27. The van der Waals surface area contributed by atoms with E-state index < -0.39 is 10.8 Å². The first kappa shape index (κ1) is 18.1. The van der Waals surface area contributed by atoms with Crippen LogP contribution in [0, 0.1) is 5.82 Å². The van der Waals surface area contributed by atoms with Crippen molar-refractivity contribution in [3.8, 4) is 0 Å². The Labute approximate surface area is 161 Å². The number of H-pyrrole nitrogens is 1. The molecule has 27 heavy (non-hydrogen) atoms. The summed E-state index contributed by atoms with van der Waals surface area (Å²) in [7, 11) is -0.895. The van der Waals surface area contributed by atoms with Crippen LogP contribution in [0.15, 0.2) is 60.8 Å². The van der Waals surface area contributed by atoms with E-state index in [1.807, 2.05) is 36.5 Å². The van der Waals surface area contributed by atoms with E-state index in [1.54, 1.807) is 0 Å². The van der Waals surface area contributed by atoms with Gasteiger partial charge in [-0.15, -0.1) is 0 Å². The van der Waals surface area contributed by atoms with E-state index in [0.717, 1.165) is 41.4 Å². The monoisotopic (exact) mass is 382 g/mol. The van der Waals surface area contributed by atoms with Gasteiger partial charge in [0.15, 0.2) is 0 Å². The summed E-state index contributed by atoms with van der Waals surface area (Å²) in [5, 5.41) is 4.64. The molecule has 1 aliphatic heterocycles. The van der Waals surface area contributed by atoms with E-state index in [0.29, 0.717) is 17.5 Å². The number of fused-ring (bicyclic) bond motifs is 1. The van der Waals surface area contributed by atoms with Gasteiger partial charge in [-0.05, 0) is 47.7 Å². The van der Waals surface area contributed by atoms with Crippen molar-refractivity contribution in [3.05, 3.63) is 77.7 Å². The maximum absolute atomic E-state index is 13.1. The van der Waals surface area contributed by atoms with Gasteiger partial charge in [0.25, 0.3) is 0 Å². The predicted molar refractivity (Wildman–Crippen MR) is 110 cm³/mol. The highest BCUT2D eigenvalue weighted by atomic mass is 32.2. The zero-order valence-electron chi connectivity index (χ0n) is 15.1. The van der Waals surface area contributed by atoms with Gasteiger partial charge in [0, 0.05) is 46.2 Å². The van der Waals surface area contributed by atoms with E-state index in [9.17, 15) is 8.60 Å². The minimum atomic E-state index is -0.895. The van der Waals surface area contributed by atoms with Crippen LogP contribution in [0.1, 0.15) is 24.0 Å². The van der Waals surface area contributed by atoms with Crippen molar-refractivity contribution < 1.29 is 8.60 Å². The second kappa shape index (κ2) is 8.19. The molecule has 5 heteroatoms. The molecule has 2 atom stereocenters. The SMILES string of the molecule is O=S(CCC1CC(c2ccc(F)cc2)=CCN1)Cc1c[nH]c2ccccc12. The molecule has 0 saturated heterocycles. The highest BCUT2D eigenvalue weighted by molar-refractivity contribution is 7.84. The average molecular weight is 383 g/mol. The Bertz CT molecular complexity index is 977. The molecule has 0 fully saturated rings. The summed E-state index contributed by atoms with van der Waals surface area (Å²) in [4.78, 5) is 3.25. The van der Waals surface area contributed by atoms with Crippen molar-refractivity contribution in [2.24, 2.45) is 0 Å². The molecule has 0 radical (unpaired) electrons. The first-order valence-corrected chi connectivity index (χ1v) is 10.8. The van der Waals surface area contributed by atoms with Crippen LogP contribution >= 0.6 is 0 Å². The topological polar surface area (TPSA) is 44.9 Å². The van der Waals surface area contributed by atoms with E-state index in [1.165, 1.54) is 17.7 Å². The average Bonchev–Trinajstić information content (AvgIpc) is 3.10. The molecule has 0 amide bonds. The molecular weight excluding hydrogens is 359 g/mol. The Morgan fingerprint density at radius 2 is 1.93 bits per heavy atom. The third-order valence-electron chi connectivity index (χ3n) is 5.12. The molecule has 1 aliphatic rings. The van der Waals surface area contributed by atoms with Crippen LogP contribution in [0.25, 0.3) is 16.5 Å². The number of benzene rings is 2. The van der Waals surface area contributed by atoms with Gasteiger partial charge in [-0.1, -0.05) is 36.4 Å². The van der Waals surface area contributed by atoms with Gasteiger partial charge >= 0.3 is 0 Å². The third-order valence-corrected chi connectivity index (χ3v) is 6.45. The summed E-state index contributed by atoms with van der Waals surface area (Å²) >= 11 is 0. The lowest BCUT2D eigenvalue weighted by Crippen LogP contribution is -2.34. The van der Waals surface area contributed by atoms with Gasteiger partial charge in [0.1, 0.15) is 5.82 Å². The first-order chi connectivity index (χ1) is 13.2. The molecule has 1 aromatic heterocycles. The zero-order valence-corrected chi connectivity index (χ0v) is 15.9. The van der Waals surface area contributed by atoms with Crippen molar-refractivity contribution in [1.82, 2.24) is 10.3 Å². The maximum atomic E-state index is 13.1. The number of aromatic amines is 1. The summed E-state index contributed by atoms with van der Waals surface area (Å²) in [6, 6.07) is 15.1. The van der Waals surface area contributed by atoms with Crippen molar-refractivity contribution in [1.29, 1.82) is 0 Å². The summed E-state index contributed by atoms with van der Waals surface area (Å²) in [5.74, 6) is 1.04. The molecule has 2 unspecified atom stereocenters. The van der Waals surface area contributed by atoms with Crippen molar-refractivity contribution in [3.63, 3.8) is 0 Å². The highest BCUT2D eigenvalue weighted by Gasteiger charge is 2.17. The molecule has 2 aromatic carbocycles. The smallest absolute Gasteiger partial charge is 0.123 e. The number of rotatable bonds is 6. The highest BCUT2D eigenvalue weighted by Crippen LogP contribution is 2.24. The molecular formula is C22H23FN2OS. The van der Waals surface area contributed by atoms with Gasteiger partial charge in [0.05, 0.1) is 5.75 Å². The second-order valence-corrected chi connectivity index (χ2v) is 8.56. The van der Waals surface area contributed by atoms with Gasteiger partial charge in [-0.3, -0.25) is 4.21 Å². The molecule has 3 nitrogen and oxygen atoms in total. The van der Waals surface area contributed by atoms with Crippen LogP contribution in [0.3, 0.4) is 0 Å². The number of nitrogens with one attached hydrogen (secondary N) is 2. The Hall–Kier alpha value is -2.24. The molecule has 0 spiro atoms. The van der Waals surface area contributed by atoms with Crippen LogP contribution in [-0.2, 0) is 16.6 Å². The number of aromatic nitrogens is 1. The molecule has 2 N–H and O–H groups in total. The third kappa shape index (κ3) is 4.37. The molecule has 0 aliphatic carbocycles. The molecule has 140 valence electrons. The Kier molecular flexibility index (Phi) is 5.50. The standard InChI is InChI=1S/C22H23FN2OS/c23-19-7-5-16(6-8-19)17-9-11-24-20(13-17)10-12-27(26)15-18-14-25-22-4-2-1-3-21(18)22/h1-9,14,20,24-25H,10-13,15H2. The number of hydrogen-bond acceptors (Lipinski definition) is 2. The number of halogens is 1. The van der Waals surface area contributed by atoms with Crippen LogP contribution in [0.5, 0.6) is 0 Å². The molecule has 2 heterocycles. The summed E-state index contributed by atoms with van der Waals surface area (Å²) in [6.07, 6.45) is 5.88. The van der Waals surface area contributed by atoms with Crippen molar-refractivity contribution in [2.75, 3.05) is 12.3 Å². The Balaban J connectivity index is 1.33. The van der Waals surface area contributed by atoms with Gasteiger partial charge in [-0.2, -0.15) is 0 Å². The largest absolute Gasteiger partial charge is 0.361 e. The molecule has 0 saturated carbocycles. The van der Waals surface area contributed by atoms with Crippen LogP contribution in [-0.4, -0.2) is 27.5 Å². The second-order valence-electron chi connectivity index (χ2n) is 6.98. The lowest BCUT2D eigenvalue weighted by molar-refractivity contribution is 0.522. The minimum absolute atomic E-state index is 0.211. The quantitative estimate of drug-likeness (QED) is 0.664. The van der Waals surface area contributed by atoms with Crippen LogP contribution < -0.4 is 5.32 Å². The Morgan fingerprint density at radius 3 is 2.78 bits per heavy atom. The zero-order chi connectivity index (χ0) is 18.6. The van der Waals surface area contributed by atoms with Crippen molar-refractivity contribution in [2.45, 2.75) is 24.6 Å². The maximum Gasteiger partial charge on any atom is 0.123 e.